The molecule has 0 radical (unpaired) electrons. The summed E-state index contributed by atoms with van der Waals surface area (Å²) in [5.41, 5.74) is 13.0. The number of hydrogen-bond donors (Lipinski definition) is 4. The van der Waals surface area contributed by atoms with Crippen LogP contribution >= 0.6 is 0 Å². The maximum absolute atomic E-state index is 14.8. The molecule has 1 amide bonds. The van der Waals surface area contributed by atoms with Crippen LogP contribution in [0.4, 0.5) is 30.5 Å². The average Bonchev–Trinajstić information content (AvgIpc) is 3.03. The van der Waals surface area contributed by atoms with Gasteiger partial charge in [0.25, 0.3) is 12.3 Å². The molecule has 8 nitrogen and oxygen atoms in total. The van der Waals surface area contributed by atoms with Gasteiger partial charge >= 0.3 is 0 Å². The van der Waals surface area contributed by atoms with Crippen molar-refractivity contribution in [1.82, 2.24) is 14.8 Å². The highest BCUT2D eigenvalue weighted by Crippen LogP contribution is 2.28. The maximum Gasteiger partial charge on any atom is 0.257 e. The second-order valence-corrected chi connectivity index (χ2v) is 8.83. The smallest absolute Gasteiger partial charge is 0.257 e. The third-order valence-electron chi connectivity index (χ3n) is 5.43. The first-order valence-corrected chi connectivity index (χ1v) is 11.0. The van der Waals surface area contributed by atoms with E-state index in [1.807, 2.05) is 20.8 Å². The number of carbonyl (C=O) groups excluding carboxylic acids is 1. The molecular formula is C23H30F3N7O. The van der Waals surface area contributed by atoms with Crippen molar-refractivity contribution in [3.63, 3.8) is 0 Å². The number of pyridine rings is 1. The fourth-order valence-corrected chi connectivity index (χ4v) is 3.79. The number of nitrogens with one attached hydrogen (secondary N) is 2. The van der Waals surface area contributed by atoms with Crippen LogP contribution in [0.1, 0.15) is 43.2 Å². The van der Waals surface area contributed by atoms with Gasteiger partial charge in [0.15, 0.2) is 11.6 Å². The van der Waals surface area contributed by atoms with Gasteiger partial charge in [-0.1, -0.05) is 13.8 Å². The van der Waals surface area contributed by atoms with Gasteiger partial charge in [0.2, 0.25) is 0 Å². The Hall–Kier alpha value is -3.34. The number of aromatic nitrogens is 3. The number of amides is 1. The number of nitrogens with zero attached hydrogens (tertiary/aromatic N) is 3. The molecule has 0 fully saturated rings. The predicted octanol–water partition coefficient (Wildman–Crippen LogP) is 4.16. The third-order valence-corrected chi connectivity index (χ3v) is 5.43. The van der Waals surface area contributed by atoms with E-state index in [-0.39, 0.29) is 29.3 Å². The summed E-state index contributed by atoms with van der Waals surface area (Å²) < 4.78 is 41.7. The first-order valence-electron chi connectivity index (χ1n) is 11.0. The number of anilines is 3. The van der Waals surface area contributed by atoms with Gasteiger partial charge in [-0.25, -0.2) is 18.2 Å². The number of nitrogens with two attached hydrogens (primary N) is 2. The third kappa shape index (κ3) is 5.77. The van der Waals surface area contributed by atoms with E-state index in [1.54, 1.807) is 25.1 Å². The summed E-state index contributed by atoms with van der Waals surface area (Å²) in [6.07, 6.45) is -1.85. The number of alkyl halides is 2. The average molecular weight is 478 g/mol. The Morgan fingerprint density at radius 2 is 1.88 bits per heavy atom. The molecule has 0 saturated carbocycles. The number of primary amides is 1. The molecule has 1 unspecified atom stereocenters. The normalized spacial score (nSPS) is 13.5. The van der Waals surface area contributed by atoms with Crippen LogP contribution in [-0.2, 0) is 6.54 Å². The van der Waals surface area contributed by atoms with E-state index in [4.69, 9.17) is 11.5 Å². The van der Waals surface area contributed by atoms with E-state index >= 15 is 0 Å². The monoisotopic (exact) mass is 477 g/mol. The van der Waals surface area contributed by atoms with Crippen LogP contribution in [0.5, 0.6) is 0 Å². The van der Waals surface area contributed by atoms with Crippen LogP contribution in [0.2, 0.25) is 0 Å². The number of halogens is 3. The summed E-state index contributed by atoms with van der Waals surface area (Å²) in [7, 11) is 0. The molecule has 2 atom stereocenters. The molecule has 2 aromatic heterocycles. The zero-order valence-corrected chi connectivity index (χ0v) is 19.6. The van der Waals surface area contributed by atoms with Gasteiger partial charge in [0.05, 0.1) is 16.8 Å². The Balaban J connectivity index is 1.98. The molecule has 0 aliphatic rings. The van der Waals surface area contributed by atoms with Crippen LogP contribution in [0, 0.1) is 18.7 Å². The molecule has 6 N–H and O–H groups in total. The zero-order chi connectivity index (χ0) is 25.2. The van der Waals surface area contributed by atoms with Crippen molar-refractivity contribution < 1.29 is 18.0 Å². The minimum atomic E-state index is -2.54. The van der Waals surface area contributed by atoms with Crippen LogP contribution < -0.4 is 22.1 Å². The lowest BCUT2D eigenvalue weighted by Gasteiger charge is -2.25. The number of carbonyl (C=O) groups is 1. The lowest BCUT2D eigenvalue weighted by atomic mass is 9.99. The molecule has 184 valence electrons. The summed E-state index contributed by atoms with van der Waals surface area (Å²) in [5, 5.41) is 10.9. The molecule has 3 rings (SSSR count). The minimum absolute atomic E-state index is 0.0568. The van der Waals surface area contributed by atoms with E-state index in [2.05, 4.69) is 20.7 Å². The van der Waals surface area contributed by atoms with E-state index in [9.17, 15) is 18.0 Å². The highest BCUT2D eigenvalue weighted by molar-refractivity contribution is 5.99. The van der Waals surface area contributed by atoms with Crippen molar-refractivity contribution in [3.8, 4) is 0 Å². The van der Waals surface area contributed by atoms with Gasteiger partial charge in [-0.2, -0.15) is 5.10 Å². The van der Waals surface area contributed by atoms with Gasteiger partial charge < -0.3 is 22.1 Å². The lowest BCUT2D eigenvalue weighted by Crippen LogP contribution is -2.39. The Bertz CT molecular complexity index is 1180. The van der Waals surface area contributed by atoms with Crippen molar-refractivity contribution >= 4 is 34.1 Å². The molecule has 0 spiro atoms. The standard InChI is InChI=1S/C23H30F3N7O/c1-11(2)7-18(12(3)27)30-23-17(24)9-16(21(28)34)22(31-23)29-14-5-6-19-15(8-14)13(4)32-33(19)10-20(25)26/h5-6,8-9,11-12,18,20H,7,10,27H2,1-4H3,(H2,28,34)(H2,29,30,31)/t12-,18?/m0/s1. The fourth-order valence-electron chi connectivity index (χ4n) is 3.79. The lowest BCUT2D eigenvalue weighted by molar-refractivity contribution is 0.1000. The summed E-state index contributed by atoms with van der Waals surface area (Å²) in [4.78, 5) is 16.3. The van der Waals surface area contributed by atoms with Crippen molar-refractivity contribution in [1.29, 1.82) is 0 Å². The summed E-state index contributed by atoms with van der Waals surface area (Å²) in [6, 6.07) is 5.49. The van der Waals surface area contributed by atoms with E-state index in [0.717, 1.165) is 6.07 Å². The Morgan fingerprint density at radius 1 is 1.18 bits per heavy atom. The number of benzene rings is 1. The molecule has 1 aromatic carbocycles. The van der Waals surface area contributed by atoms with Crippen molar-refractivity contribution in [3.05, 3.63) is 41.3 Å². The quantitative estimate of drug-likeness (QED) is 0.348. The summed E-state index contributed by atoms with van der Waals surface area (Å²) in [5.74, 6) is -1.27. The predicted molar refractivity (Wildman–Crippen MR) is 127 cm³/mol. The Morgan fingerprint density at radius 3 is 2.47 bits per heavy atom. The highest BCUT2D eigenvalue weighted by atomic mass is 19.3. The largest absolute Gasteiger partial charge is 0.365 e. The molecular weight excluding hydrogens is 447 g/mol. The molecule has 0 aliphatic carbocycles. The van der Waals surface area contributed by atoms with Gasteiger partial charge in [-0.3, -0.25) is 9.48 Å². The van der Waals surface area contributed by atoms with Gasteiger partial charge in [0.1, 0.15) is 12.4 Å². The van der Waals surface area contributed by atoms with Gasteiger partial charge in [-0.15, -0.1) is 0 Å². The molecule has 0 bridgehead atoms. The number of rotatable bonds is 10. The molecule has 0 aliphatic heterocycles. The molecule has 34 heavy (non-hydrogen) atoms. The second-order valence-electron chi connectivity index (χ2n) is 8.83. The fraction of sp³-hybridized carbons (Fsp3) is 0.435. The molecule has 3 aromatic rings. The van der Waals surface area contributed by atoms with Crippen molar-refractivity contribution in [2.24, 2.45) is 17.4 Å². The topological polar surface area (TPSA) is 124 Å². The highest BCUT2D eigenvalue weighted by Gasteiger charge is 2.21. The molecule has 11 heteroatoms. The van der Waals surface area contributed by atoms with E-state index in [0.29, 0.717) is 34.6 Å². The number of fused-ring (bicyclic) bond motifs is 1. The summed E-state index contributed by atoms with van der Waals surface area (Å²) >= 11 is 0. The first-order chi connectivity index (χ1) is 16.0. The summed E-state index contributed by atoms with van der Waals surface area (Å²) in [6.45, 7) is 7.08. The van der Waals surface area contributed by atoms with Crippen LogP contribution in [0.15, 0.2) is 24.3 Å². The van der Waals surface area contributed by atoms with E-state index < -0.39 is 24.7 Å². The number of hydrogen-bond acceptors (Lipinski definition) is 6. The van der Waals surface area contributed by atoms with Gasteiger partial charge in [-0.05, 0) is 50.5 Å². The molecule has 0 saturated heterocycles. The van der Waals surface area contributed by atoms with E-state index in [1.165, 1.54) is 4.68 Å². The van der Waals surface area contributed by atoms with Crippen LogP contribution in [0.3, 0.4) is 0 Å². The Labute approximate surface area is 195 Å². The van der Waals surface area contributed by atoms with Gasteiger partial charge in [0, 0.05) is 23.2 Å². The minimum Gasteiger partial charge on any atom is -0.365 e. The maximum atomic E-state index is 14.8. The van der Waals surface area contributed by atoms with Crippen molar-refractivity contribution in [2.45, 2.75) is 59.2 Å². The first kappa shape index (κ1) is 25.3. The van der Waals surface area contributed by atoms with Crippen LogP contribution in [0.25, 0.3) is 10.9 Å². The van der Waals surface area contributed by atoms with Crippen LogP contribution in [-0.4, -0.2) is 39.2 Å². The SMILES string of the molecule is Cc1nn(CC(F)F)c2ccc(Nc3nc(NC(CC(C)C)[C@H](C)N)c(F)cc3C(N)=O)cc12. The molecule has 2 heterocycles. The number of aryl methyl sites for hydroxylation is 1. The Kier molecular flexibility index (Phi) is 7.65. The second kappa shape index (κ2) is 10.3. The van der Waals surface area contributed by atoms with Crippen molar-refractivity contribution in [2.75, 3.05) is 10.6 Å². The zero-order valence-electron chi connectivity index (χ0n) is 19.6.